The molecule has 0 fully saturated rings. The molecule has 0 radical (unpaired) electrons. The van der Waals surface area contributed by atoms with Crippen molar-refractivity contribution < 1.29 is 45.0 Å². The summed E-state index contributed by atoms with van der Waals surface area (Å²) >= 11 is 0.484. The van der Waals surface area contributed by atoms with Crippen LogP contribution in [0.4, 0.5) is 0 Å². The van der Waals surface area contributed by atoms with E-state index in [4.69, 9.17) is 0 Å². The second kappa shape index (κ2) is 9.14. The molecular formula is C20H15NaO10S2. The molecule has 10 nitrogen and oxygen atoms in total. The van der Waals surface area contributed by atoms with Gasteiger partial charge in [-0.05, 0) is 0 Å². The van der Waals surface area contributed by atoms with E-state index in [0.29, 0.717) is 44.8 Å². The maximum atomic E-state index is 12.8. The molecule has 0 aromatic heterocycles. The van der Waals surface area contributed by atoms with E-state index in [1.165, 1.54) is 12.1 Å². The van der Waals surface area contributed by atoms with E-state index < -0.39 is 58.7 Å². The zero-order valence-electron chi connectivity index (χ0n) is 17.5. The Morgan fingerprint density at radius 2 is 1.45 bits per heavy atom. The van der Waals surface area contributed by atoms with Crippen molar-refractivity contribution in [3.8, 4) is 11.1 Å². The Morgan fingerprint density at radius 1 is 0.879 bits per heavy atom. The molecule has 168 valence electrons. The quantitative estimate of drug-likeness (QED) is 0.296. The molecule has 0 saturated heterocycles. The molecule has 0 aliphatic carbocycles. The average Bonchev–Trinajstić information content (AvgIpc) is 2.75. The van der Waals surface area contributed by atoms with Crippen molar-refractivity contribution in [2.75, 3.05) is 14.2 Å². The van der Waals surface area contributed by atoms with Crippen molar-refractivity contribution in [1.82, 2.24) is 0 Å². The topological polar surface area (TPSA) is 161 Å². The van der Waals surface area contributed by atoms with Crippen LogP contribution < -0.4 is 2.81 Å². The van der Waals surface area contributed by atoms with E-state index in [0.717, 1.165) is 17.0 Å². The first-order valence-corrected chi connectivity index (χ1v) is 13.0. The van der Waals surface area contributed by atoms with Gasteiger partial charge in [-0.2, -0.15) is 0 Å². The Balaban J connectivity index is 2.77. The van der Waals surface area contributed by atoms with Crippen LogP contribution in [0.15, 0.2) is 52.3 Å². The number of fused-ring (bicyclic) bond motifs is 1. The minimum atomic E-state index is -5.30. The van der Waals surface area contributed by atoms with Crippen molar-refractivity contribution in [3.63, 3.8) is 0 Å². The molecule has 0 bridgehead atoms. The number of hydrogen-bond donors (Lipinski definition) is 2. The molecule has 3 aromatic rings. The predicted molar refractivity (Wildman–Crippen MR) is 117 cm³/mol. The van der Waals surface area contributed by atoms with E-state index >= 15 is 0 Å². The van der Waals surface area contributed by atoms with Gasteiger partial charge in [0.1, 0.15) is 0 Å². The second-order valence-corrected chi connectivity index (χ2v) is 10.7. The van der Waals surface area contributed by atoms with E-state index in [1.54, 1.807) is 24.3 Å². The van der Waals surface area contributed by atoms with Crippen LogP contribution in [0.3, 0.4) is 0 Å². The van der Waals surface area contributed by atoms with Crippen molar-refractivity contribution in [2.45, 2.75) is 9.79 Å². The van der Waals surface area contributed by atoms with Crippen molar-refractivity contribution in [1.29, 1.82) is 0 Å². The van der Waals surface area contributed by atoms with Gasteiger partial charge in [-0.15, -0.1) is 0 Å². The third-order valence-electron chi connectivity index (χ3n) is 4.96. The van der Waals surface area contributed by atoms with E-state index in [1.807, 2.05) is 0 Å². The van der Waals surface area contributed by atoms with E-state index in [2.05, 4.69) is 9.47 Å². The van der Waals surface area contributed by atoms with Crippen LogP contribution in [0.1, 0.15) is 20.7 Å². The Labute approximate surface area is 206 Å². The summed E-state index contributed by atoms with van der Waals surface area (Å²) in [6.07, 6.45) is 0. The van der Waals surface area contributed by atoms with Crippen molar-refractivity contribution >= 4 is 73.7 Å². The van der Waals surface area contributed by atoms with Crippen LogP contribution in [-0.4, -0.2) is 80.0 Å². The number of rotatable bonds is 5. The Hall–Kier alpha value is -2.32. The first-order chi connectivity index (χ1) is 15.3. The molecule has 33 heavy (non-hydrogen) atoms. The zero-order valence-corrected chi connectivity index (χ0v) is 21.2. The molecule has 0 unspecified atom stereocenters. The number of benzene rings is 3. The normalized spacial score (nSPS) is 11.9. The first-order valence-electron chi connectivity index (χ1n) is 9.14. The fourth-order valence-electron chi connectivity index (χ4n) is 3.67. The Kier molecular flexibility index (Phi) is 7.01. The summed E-state index contributed by atoms with van der Waals surface area (Å²) in [6.45, 7) is 0. The van der Waals surface area contributed by atoms with Gasteiger partial charge in [-0.25, -0.2) is 0 Å². The van der Waals surface area contributed by atoms with Crippen LogP contribution in [0, 0.1) is 0 Å². The molecule has 0 aliphatic rings. The number of esters is 2. The predicted octanol–water partition coefficient (Wildman–Crippen LogP) is 1.37. The minimum absolute atomic E-state index is 0.0763. The maximum absolute atomic E-state index is 12.8. The van der Waals surface area contributed by atoms with E-state index in [-0.39, 0.29) is 5.56 Å². The first kappa shape index (κ1) is 25.3. The third-order valence-corrected chi connectivity index (χ3v) is 7.61. The van der Waals surface area contributed by atoms with Gasteiger partial charge in [0.15, 0.2) is 0 Å². The summed E-state index contributed by atoms with van der Waals surface area (Å²) in [4.78, 5) is 23.0. The van der Waals surface area contributed by atoms with Gasteiger partial charge < -0.3 is 0 Å². The summed E-state index contributed by atoms with van der Waals surface area (Å²) in [7, 11) is -8.65. The second-order valence-electron chi connectivity index (χ2n) is 6.91. The summed E-state index contributed by atoms with van der Waals surface area (Å²) in [5.74, 6) is -2.73. The van der Waals surface area contributed by atoms with Crippen LogP contribution in [0.2, 0.25) is 0 Å². The number of carbonyl (C=O) groups excluding carboxylic acids is 2. The molecule has 0 heterocycles. The molecule has 0 atom stereocenters. The molecule has 0 amide bonds. The Bertz CT molecular complexity index is 1520. The van der Waals surface area contributed by atoms with Crippen molar-refractivity contribution in [2.24, 2.45) is 0 Å². The molecule has 0 spiro atoms. The summed E-state index contributed by atoms with van der Waals surface area (Å²) in [5, 5.41) is 1.14. The number of ether oxygens (including phenoxy) is 2. The summed E-state index contributed by atoms with van der Waals surface area (Å²) in [5.41, 5.74) is -2.37. The standard InChI is InChI=1S/C20H15O10S2.Na/c1-29-19(21)14-10-15(31(23,24)25)16(17(20(22)30-2)18(14)32(26,27)28)13-9-5-7-11-6-3-4-8-12(11)13;/h3-7,9-10H,1-2H3,(H,23,24,25)(H,26,27,28);. The molecule has 3 rings (SSSR count). The van der Waals surface area contributed by atoms with Gasteiger partial charge in [-0.1, -0.05) is 0 Å². The van der Waals surface area contributed by atoms with Crippen LogP contribution in [0.25, 0.3) is 21.9 Å². The number of methoxy groups -OCH3 is 2. The van der Waals surface area contributed by atoms with Crippen LogP contribution >= 0.6 is 0 Å². The fourth-order valence-corrected chi connectivity index (χ4v) is 6.03. The fraction of sp³-hybridized carbons (Fsp3) is 0.100. The SMILES string of the molecule is COC(=O)c1cc(S(=O)(=O)O)c(-c2cccc3ccc[c]([Na])c23)c(C(=O)OC)c1S(=O)(=O)O. The summed E-state index contributed by atoms with van der Waals surface area (Å²) in [6, 6.07) is 10.5. The molecular weight excluding hydrogens is 487 g/mol. The van der Waals surface area contributed by atoms with Gasteiger partial charge in [0.05, 0.1) is 0 Å². The molecule has 13 heteroatoms. The average molecular weight is 502 g/mol. The van der Waals surface area contributed by atoms with Crippen LogP contribution in [0.5, 0.6) is 0 Å². The molecule has 0 aliphatic heterocycles. The Morgan fingerprint density at radius 3 is 1.97 bits per heavy atom. The third kappa shape index (κ3) is 4.68. The van der Waals surface area contributed by atoms with Gasteiger partial charge in [0.25, 0.3) is 0 Å². The van der Waals surface area contributed by atoms with Gasteiger partial charge in [0, 0.05) is 0 Å². The zero-order chi connectivity index (χ0) is 24.7. The molecule has 0 saturated carbocycles. The van der Waals surface area contributed by atoms with Crippen LogP contribution in [-0.2, 0) is 29.7 Å². The summed E-state index contributed by atoms with van der Waals surface area (Å²) < 4.78 is 79.3. The van der Waals surface area contributed by atoms with Gasteiger partial charge >= 0.3 is 207 Å². The number of hydrogen-bond acceptors (Lipinski definition) is 8. The van der Waals surface area contributed by atoms with Gasteiger partial charge in [0.2, 0.25) is 0 Å². The molecule has 3 aromatic carbocycles. The van der Waals surface area contributed by atoms with Crippen molar-refractivity contribution in [3.05, 3.63) is 53.6 Å². The number of carbonyl (C=O) groups is 2. The monoisotopic (exact) mass is 502 g/mol. The molecule has 2 N–H and O–H groups in total. The van der Waals surface area contributed by atoms with E-state index in [9.17, 15) is 35.5 Å². The van der Waals surface area contributed by atoms with Gasteiger partial charge in [-0.3, -0.25) is 0 Å².